The summed E-state index contributed by atoms with van der Waals surface area (Å²) < 4.78 is 22.7. The van der Waals surface area contributed by atoms with E-state index in [1.165, 1.54) is 0 Å². The molecular formula is C13H14N2O3S. The average Bonchev–Trinajstić information content (AvgIpc) is 2.72. The van der Waals surface area contributed by atoms with E-state index in [1.54, 1.807) is 18.2 Å². The zero-order valence-corrected chi connectivity index (χ0v) is 11.3. The molecule has 1 heterocycles. The third-order valence-electron chi connectivity index (χ3n) is 3.23. The number of hydrogen-bond acceptors (Lipinski definition) is 4. The zero-order valence-electron chi connectivity index (χ0n) is 10.5. The Morgan fingerprint density at radius 1 is 1.47 bits per heavy atom. The van der Waals surface area contributed by atoms with Crippen molar-refractivity contribution in [3.8, 4) is 6.07 Å². The van der Waals surface area contributed by atoms with Gasteiger partial charge in [-0.15, -0.1) is 0 Å². The minimum atomic E-state index is -3.07. The minimum absolute atomic E-state index is 0.0717. The summed E-state index contributed by atoms with van der Waals surface area (Å²) in [5.41, 5.74) is 1.86. The van der Waals surface area contributed by atoms with Crippen molar-refractivity contribution in [3.63, 3.8) is 0 Å². The maximum Gasteiger partial charge on any atom is 0.228 e. The molecule has 0 aliphatic carbocycles. The SMILES string of the molecule is Cc1ccc(C#N)cc1NC(=O)C1CCS(=O)(=O)C1. The number of carbonyl (C=O) groups excluding carboxylic acids is 1. The van der Waals surface area contributed by atoms with Gasteiger partial charge in [-0.2, -0.15) is 5.26 Å². The maximum absolute atomic E-state index is 12.0. The number of benzene rings is 1. The van der Waals surface area contributed by atoms with Crippen molar-refractivity contribution in [2.75, 3.05) is 16.8 Å². The highest BCUT2D eigenvalue weighted by Gasteiger charge is 2.33. The number of aryl methyl sites for hydroxylation is 1. The van der Waals surface area contributed by atoms with Crippen LogP contribution < -0.4 is 5.32 Å². The molecule has 100 valence electrons. The van der Waals surface area contributed by atoms with Crippen LogP contribution in [0.4, 0.5) is 5.69 Å². The summed E-state index contributed by atoms with van der Waals surface area (Å²) in [4.78, 5) is 12.0. The highest BCUT2D eigenvalue weighted by atomic mass is 32.2. The van der Waals surface area contributed by atoms with Gasteiger partial charge in [0.25, 0.3) is 0 Å². The molecule has 0 radical (unpaired) electrons. The number of carbonyl (C=O) groups is 1. The molecule has 0 saturated carbocycles. The molecule has 1 saturated heterocycles. The van der Waals surface area contributed by atoms with Crippen molar-refractivity contribution >= 4 is 21.4 Å². The summed E-state index contributed by atoms with van der Waals surface area (Å²) in [7, 11) is -3.07. The van der Waals surface area contributed by atoms with Crippen LogP contribution in [0.3, 0.4) is 0 Å². The van der Waals surface area contributed by atoms with Gasteiger partial charge in [0.15, 0.2) is 9.84 Å². The van der Waals surface area contributed by atoms with Gasteiger partial charge >= 0.3 is 0 Å². The van der Waals surface area contributed by atoms with Gasteiger partial charge in [0.05, 0.1) is 29.1 Å². The molecule has 1 aromatic rings. The van der Waals surface area contributed by atoms with Crippen LogP contribution in [0, 0.1) is 24.2 Å². The van der Waals surface area contributed by atoms with Crippen LogP contribution in [-0.4, -0.2) is 25.8 Å². The Morgan fingerprint density at radius 3 is 2.79 bits per heavy atom. The van der Waals surface area contributed by atoms with Crippen molar-refractivity contribution < 1.29 is 13.2 Å². The lowest BCUT2D eigenvalue weighted by Crippen LogP contribution is -2.24. The van der Waals surface area contributed by atoms with Crippen molar-refractivity contribution in [2.24, 2.45) is 5.92 Å². The topological polar surface area (TPSA) is 87.0 Å². The largest absolute Gasteiger partial charge is 0.326 e. The highest BCUT2D eigenvalue weighted by molar-refractivity contribution is 7.91. The molecular weight excluding hydrogens is 264 g/mol. The molecule has 1 aliphatic rings. The fourth-order valence-corrected chi connectivity index (χ4v) is 3.80. The van der Waals surface area contributed by atoms with E-state index in [0.29, 0.717) is 17.7 Å². The van der Waals surface area contributed by atoms with E-state index in [9.17, 15) is 13.2 Å². The molecule has 1 aliphatic heterocycles. The second-order valence-electron chi connectivity index (χ2n) is 4.73. The monoisotopic (exact) mass is 278 g/mol. The summed E-state index contributed by atoms with van der Waals surface area (Å²) in [6, 6.07) is 7.02. The second kappa shape index (κ2) is 5.02. The highest BCUT2D eigenvalue weighted by Crippen LogP contribution is 2.22. The molecule has 19 heavy (non-hydrogen) atoms. The average molecular weight is 278 g/mol. The summed E-state index contributed by atoms with van der Waals surface area (Å²) in [6.45, 7) is 1.82. The van der Waals surface area contributed by atoms with Gasteiger partial charge in [0.1, 0.15) is 0 Å². The first-order chi connectivity index (χ1) is 8.91. The third-order valence-corrected chi connectivity index (χ3v) is 5.00. The normalized spacial score (nSPS) is 20.7. The van der Waals surface area contributed by atoms with Crippen LogP contribution in [0.25, 0.3) is 0 Å². The standard InChI is InChI=1S/C13H14N2O3S/c1-9-2-3-10(7-14)6-12(9)15-13(16)11-4-5-19(17,18)8-11/h2-3,6,11H,4-5,8H2,1H3,(H,15,16). The molecule has 1 N–H and O–H groups in total. The number of sulfone groups is 1. The summed E-state index contributed by atoms with van der Waals surface area (Å²) in [6.07, 6.45) is 0.366. The van der Waals surface area contributed by atoms with Crippen LogP contribution >= 0.6 is 0 Å². The number of anilines is 1. The van der Waals surface area contributed by atoms with Crippen LogP contribution in [0.2, 0.25) is 0 Å². The molecule has 0 spiro atoms. The number of nitriles is 1. The molecule has 1 unspecified atom stereocenters. The fraction of sp³-hybridized carbons (Fsp3) is 0.385. The zero-order chi connectivity index (χ0) is 14.0. The van der Waals surface area contributed by atoms with Gasteiger partial charge < -0.3 is 5.32 Å². The van der Waals surface area contributed by atoms with Crippen LogP contribution in [0.5, 0.6) is 0 Å². The van der Waals surface area contributed by atoms with Gasteiger partial charge in [0, 0.05) is 5.69 Å². The van der Waals surface area contributed by atoms with Crippen LogP contribution in [0.1, 0.15) is 17.5 Å². The van der Waals surface area contributed by atoms with Gasteiger partial charge in [-0.1, -0.05) is 6.07 Å². The number of nitrogens with one attached hydrogen (secondary N) is 1. The van der Waals surface area contributed by atoms with Crippen molar-refractivity contribution in [3.05, 3.63) is 29.3 Å². The molecule has 5 nitrogen and oxygen atoms in total. The Balaban J connectivity index is 2.14. The summed E-state index contributed by atoms with van der Waals surface area (Å²) >= 11 is 0. The van der Waals surface area contributed by atoms with E-state index in [0.717, 1.165) is 5.56 Å². The summed E-state index contributed by atoms with van der Waals surface area (Å²) in [5, 5.41) is 11.5. The fourth-order valence-electron chi connectivity index (χ4n) is 2.06. The molecule has 0 aromatic heterocycles. The number of amides is 1. The van der Waals surface area contributed by atoms with Crippen LogP contribution in [-0.2, 0) is 14.6 Å². The molecule has 1 amide bonds. The molecule has 1 aromatic carbocycles. The molecule has 6 heteroatoms. The first-order valence-electron chi connectivity index (χ1n) is 5.93. The Hall–Kier alpha value is -1.87. The minimum Gasteiger partial charge on any atom is -0.326 e. The smallest absolute Gasteiger partial charge is 0.228 e. The van der Waals surface area contributed by atoms with Crippen molar-refractivity contribution in [1.82, 2.24) is 0 Å². The van der Waals surface area contributed by atoms with Crippen molar-refractivity contribution in [2.45, 2.75) is 13.3 Å². The number of nitrogens with zero attached hydrogens (tertiary/aromatic N) is 1. The Labute approximate surface area is 112 Å². The predicted molar refractivity (Wildman–Crippen MR) is 71.3 cm³/mol. The van der Waals surface area contributed by atoms with E-state index >= 15 is 0 Å². The molecule has 2 rings (SSSR count). The lowest BCUT2D eigenvalue weighted by atomic mass is 10.1. The quantitative estimate of drug-likeness (QED) is 0.881. The predicted octanol–water partition coefficient (Wildman–Crippen LogP) is 1.24. The van der Waals surface area contributed by atoms with Crippen LogP contribution in [0.15, 0.2) is 18.2 Å². The number of hydrogen-bond donors (Lipinski definition) is 1. The maximum atomic E-state index is 12.0. The van der Waals surface area contributed by atoms with E-state index in [2.05, 4.69) is 5.32 Å². The lowest BCUT2D eigenvalue weighted by molar-refractivity contribution is -0.119. The third kappa shape index (κ3) is 3.12. The first-order valence-corrected chi connectivity index (χ1v) is 7.75. The van der Waals surface area contributed by atoms with E-state index in [4.69, 9.17) is 5.26 Å². The molecule has 1 atom stereocenters. The van der Waals surface area contributed by atoms with Gasteiger partial charge in [0.2, 0.25) is 5.91 Å². The van der Waals surface area contributed by atoms with E-state index < -0.39 is 15.8 Å². The first kappa shape index (κ1) is 13.6. The second-order valence-corrected chi connectivity index (χ2v) is 6.96. The van der Waals surface area contributed by atoms with E-state index in [-0.39, 0.29) is 17.4 Å². The Morgan fingerprint density at radius 2 is 2.21 bits per heavy atom. The van der Waals surface area contributed by atoms with Gasteiger partial charge in [-0.05, 0) is 31.0 Å². The van der Waals surface area contributed by atoms with Crippen molar-refractivity contribution in [1.29, 1.82) is 5.26 Å². The number of rotatable bonds is 2. The van der Waals surface area contributed by atoms with Gasteiger partial charge in [-0.3, -0.25) is 4.79 Å². The van der Waals surface area contributed by atoms with E-state index in [1.807, 2.05) is 13.0 Å². The summed E-state index contributed by atoms with van der Waals surface area (Å²) in [5.74, 6) is -0.799. The Bertz CT molecular complexity index is 659. The Kier molecular flexibility index (Phi) is 3.58. The lowest BCUT2D eigenvalue weighted by Gasteiger charge is -2.11. The van der Waals surface area contributed by atoms with Gasteiger partial charge in [-0.25, -0.2) is 8.42 Å². The molecule has 0 bridgehead atoms. The molecule has 1 fully saturated rings.